The molecule has 8 heteroatoms. The maximum Gasteiger partial charge on any atom is 0.267 e. The zero-order chi connectivity index (χ0) is 19.7. The van der Waals surface area contributed by atoms with Crippen LogP contribution in [0.5, 0.6) is 0 Å². The number of hydrogen-bond donors (Lipinski definition) is 1. The summed E-state index contributed by atoms with van der Waals surface area (Å²) < 4.78 is 0.700. The first-order chi connectivity index (χ1) is 13.5. The number of carbonyl (C=O) groups excluding carboxylic acids is 1. The van der Waals surface area contributed by atoms with Crippen molar-refractivity contribution in [3.63, 3.8) is 0 Å². The summed E-state index contributed by atoms with van der Waals surface area (Å²) in [6.45, 7) is 3.68. The van der Waals surface area contributed by atoms with Crippen LogP contribution >= 0.6 is 34.3 Å². The number of aromatic nitrogens is 3. The molecule has 28 heavy (non-hydrogen) atoms. The van der Waals surface area contributed by atoms with Crippen molar-refractivity contribution in [3.8, 4) is 21.1 Å². The van der Waals surface area contributed by atoms with Gasteiger partial charge in [0.2, 0.25) is 0 Å². The molecule has 140 valence electrons. The molecule has 1 amide bonds. The van der Waals surface area contributed by atoms with E-state index in [0.717, 1.165) is 21.1 Å². The number of carbonyl (C=O) groups is 1. The molecule has 5 nitrogen and oxygen atoms in total. The largest absolute Gasteiger partial charge is 0.321 e. The Morgan fingerprint density at radius 3 is 2.68 bits per heavy atom. The molecule has 0 atom stereocenters. The van der Waals surface area contributed by atoms with Crippen LogP contribution in [-0.2, 0) is 0 Å². The fraction of sp³-hybridized carbons (Fsp3) is 0.100. The number of nitrogens with one attached hydrogen (secondary N) is 1. The van der Waals surface area contributed by atoms with E-state index in [4.69, 9.17) is 11.6 Å². The summed E-state index contributed by atoms with van der Waals surface area (Å²) >= 11 is 8.82. The quantitative estimate of drug-likeness (QED) is 0.444. The van der Waals surface area contributed by atoms with Crippen LogP contribution in [0.1, 0.15) is 21.2 Å². The number of anilines is 1. The average Bonchev–Trinajstić information content (AvgIpc) is 3.27. The second-order valence-corrected chi connectivity index (χ2v) is 8.78. The Morgan fingerprint density at radius 2 is 1.93 bits per heavy atom. The number of thiazole rings is 1. The summed E-state index contributed by atoms with van der Waals surface area (Å²) in [4.78, 5) is 27.4. The lowest BCUT2D eigenvalue weighted by molar-refractivity contribution is 0.103. The minimum atomic E-state index is -0.181. The summed E-state index contributed by atoms with van der Waals surface area (Å²) in [5.74, 6) is 0.522. The van der Waals surface area contributed by atoms with Crippen LogP contribution in [0.2, 0.25) is 4.34 Å². The summed E-state index contributed by atoms with van der Waals surface area (Å²) in [5.41, 5.74) is 3.13. The molecule has 0 aliphatic heterocycles. The van der Waals surface area contributed by atoms with Gasteiger partial charge in [-0.1, -0.05) is 23.7 Å². The van der Waals surface area contributed by atoms with Crippen molar-refractivity contribution >= 4 is 45.9 Å². The van der Waals surface area contributed by atoms with Gasteiger partial charge in [-0.05, 0) is 44.2 Å². The molecule has 0 aliphatic carbocycles. The summed E-state index contributed by atoms with van der Waals surface area (Å²) in [5, 5.41) is 3.76. The van der Waals surface area contributed by atoms with Crippen molar-refractivity contribution < 1.29 is 4.79 Å². The lowest BCUT2D eigenvalue weighted by Crippen LogP contribution is -2.11. The van der Waals surface area contributed by atoms with Gasteiger partial charge >= 0.3 is 0 Å². The smallest absolute Gasteiger partial charge is 0.267 e. The van der Waals surface area contributed by atoms with Gasteiger partial charge < -0.3 is 5.32 Å². The van der Waals surface area contributed by atoms with E-state index < -0.39 is 0 Å². The van der Waals surface area contributed by atoms with Crippen LogP contribution < -0.4 is 5.32 Å². The van der Waals surface area contributed by atoms with Gasteiger partial charge in [-0.15, -0.1) is 22.7 Å². The standard InChI is InChI=1S/C20H15ClN4OS2/c1-11-18(28-20(23-11)16-6-7-17(21)27-16)19(26)25-14-5-3-4-13(10-14)15-8-9-22-12(2)24-15/h3-10H,1-2H3,(H,25,26). The topological polar surface area (TPSA) is 67.8 Å². The number of aryl methyl sites for hydroxylation is 2. The second-order valence-electron chi connectivity index (χ2n) is 6.06. The van der Waals surface area contributed by atoms with Gasteiger partial charge in [0.25, 0.3) is 5.91 Å². The first-order valence-electron chi connectivity index (χ1n) is 8.44. The van der Waals surface area contributed by atoms with E-state index in [-0.39, 0.29) is 5.91 Å². The highest BCUT2D eigenvalue weighted by molar-refractivity contribution is 7.24. The number of rotatable bonds is 4. The molecular formula is C20H15ClN4OS2. The number of nitrogens with zero attached hydrogens (tertiary/aromatic N) is 3. The number of amides is 1. The molecule has 4 aromatic rings. The van der Waals surface area contributed by atoms with Crippen LogP contribution in [0.15, 0.2) is 48.7 Å². The van der Waals surface area contributed by atoms with Crippen LogP contribution in [0.25, 0.3) is 21.1 Å². The third-order valence-electron chi connectivity index (χ3n) is 3.98. The van der Waals surface area contributed by atoms with Crippen molar-refractivity contribution in [2.75, 3.05) is 5.32 Å². The van der Waals surface area contributed by atoms with Crippen LogP contribution in [0.3, 0.4) is 0 Å². The maximum absolute atomic E-state index is 12.8. The van der Waals surface area contributed by atoms with Gasteiger partial charge in [0, 0.05) is 17.4 Å². The highest BCUT2D eigenvalue weighted by Gasteiger charge is 2.17. The second kappa shape index (κ2) is 7.79. The van der Waals surface area contributed by atoms with Gasteiger partial charge in [0.05, 0.1) is 20.6 Å². The van der Waals surface area contributed by atoms with Gasteiger partial charge in [0.1, 0.15) is 15.7 Å². The first-order valence-corrected chi connectivity index (χ1v) is 10.5. The van der Waals surface area contributed by atoms with E-state index in [1.54, 1.807) is 6.20 Å². The molecule has 0 spiro atoms. The van der Waals surface area contributed by atoms with E-state index in [0.29, 0.717) is 26.4 Å². The zero-order valence-corrected chi connectivity index (χ0v) is 17.5. The fourth-order valence-corrected chi connectivity index (χ4v) is 4.76. The third kappa shape index (κ3) is 3.96. The summed E-state index contributed by atoms with van der Waals surface area (Å²) in [7, 11) is 0. The monoisotopic (exact) mass is 426 g/mol. The van der Waals surface area contributed by atoms with E-state index in [2.05, 4.69) is 20.3 Å². The Balaban J connectivity index is 1.57. The Hall–Kier alpha value is -2.61. The molecule has 1 aromatic carbocycles. The summed E-state index contributed by atoms with van der Waals surface area (Å²) in [6.07, 6.45) is 1.72. The molecule has 0 saturated carbocycles. The molecule has 0 saturated heterocycles. The van der Waals surface area contributed by atoms with E-state index in [1.165, 1.54) is 22.7 Å². The number of hydrogen-bond acceptors (Lipinski definition) is 6. The predicted octanol–water partition coefficient (Wildman–Crippen LogP) is 5.85. The van der Waals surface area contributed by atoms with Gasteiger partial charge in [-0.2, -0.15) is 0 Å². The van der Waals surface area contributed by atoms with Crippen molar-refractivity contribution in [3.05, 3.63) is 69.4 Å². The molecule has 3 heterocycles. The molecule has 0 radical (unpaired) electrons. The van der Waals surface area contributed by atoms with Crippen LogP contribution in [0, 0.1) is 13.8 Å². The van der Waals surface area contributed by atoms with E-state index in [1.807, 2.05) is 56.3 Å². The van der Waals surface area contributed by atoms with Crippen LogP contribution in [0.4, 0.5) is 5.69 Å². The number of halogens is 1. The minimum Gasteiger partial charge on any atom is -0.321 e. The molecular weight excluding hydrogens is 412 g/mol. The molecule has 0 aliphatic rings. The Labute approximate surface area is 175 Å². The SMILES string of the molecule is Cc1nccc(-c2cccc(NC(=O)c3sc(-c4ccc(Cl)s4)nc3C)c2)n1. The maximum atomic E-state index is 12.8. The highest BCUT2D eigenvalue weighted by Crippen LogP contribution is 2.35. The highest BCUT2D eigenvalue weighted by atomic mass is 35.5. The molecule has 0 fully saturated rings. The van der Waals surface area contributed by atoms with Crippen molar-refractivity contribution in [1.82, 2.24) is 15.0 Å². The molecule has 0 bridgehead atoms. The Morgan fingerprint density at radius 1 is 1.07 bits per heavy atom. The summed E-state index contributed by atoms with van der Waals surface area (Å²) in [6, 6.07) is 13.2. The fourth-order valence-electron chi connectivity index (χ4n) is 2.70. The van der Waals surface area contributed by atoms with Crippen molar-refractivity contribution in [1.29, 1.82) is 0 Å². The van der Waals surface area contributed by atoms with Gasteiger partial charge in [-0.3, -0.25) is 4.79 Å². The zero-order valence-electron chi connectivity index (χ0n) is 15.1. The first kappa shape index (κ1) is 18.7. The van der Waals surface area contributed by atoms with Gasteiger partial charge in [0.15, 0.2) is 0 Å². The Bertz CT molecular complexity index is 1170. The van der Waals surface area contributed by atoms with Crippen molar-refractivity contribution in [2.24, 2.45) is 0 Å². The Kier molecular flexibility index (Phi) is 5.21. The molecule has 4 rings (SSSR count). The number of thiophene rings is 1. The van der Waals surface area contributed by atoms with Crippen molar-refractivity contribution in [2.45, 2.75) is 13.8 Å². The number of benzene rings is 1. The molecule has 3 aromatic heterocycles. The lowest BCUT2D eigenvalue weighted by Gasteiger charge is -2.07. The van der Waals surface area contributed by atoms with E-state index >= 15 is 0 Å². The third-order valence-corrected chi connectivity index (χ3v) is 6.54. The average molecular weight is 427 g/mol. The molecule has 1 N–H and O–H groups in total. The van der Waals surface area contributed by atoms with Gasteiger partial charge in [-0.25, -0.2) is 15.0 Å². The van der Waals surface area contributed by atoms with Crippen LogP contribution in [-0.4, -0.2) is 20.9 Å². The van der Waals surface area contributed by atoms with E-state index in [9.17, 15) is 4.79 Å². The minimum absolute atomic E-state index is 0.181. The normalized spacial score (nSPS) is 10.8. The lowest BCUT2D eigenvalue weighted by atomic mass is 10.1. The molecule has 0 unspecified atom stereocenters. The predicted molar refractivity (Wildman–Crippen MR) is 115 cm³/mol.